The Morgan fingerprint density at radius 1 is 1.33 bits per heavy atom. The molecule has 0 aliphatic carbocycles. The van der Waals surface area contributed by atoms with Crippen LogP contribution in [0.2, 0.25) is 0 Å². The largest absolute Gasteiger partial charge is 0.399 e. The average molecular weight is 325 g/mol. The zero-order chi connectivity index (χ0) is 14.9. The molecule has 0 atom stereocenters. The molecule has 1 saturated heterocycles. The van der Waals surface area contributed by atoms with Gasteiger partial charge in [0.15, 0.2) is 0 Å². The van der Waals surface area contributed by atoms with Gasteiger partial charge in [0.25, 0.3) is 0 Å². The Kier molecular flexibility index (Phi) is 4.14. The number of nitrogen functional groups attached to an aromatic ring is 1. The Labute approximate surface area is 128 Å². The first kappa shape index (κ1) is 14.7. The molecule has 7 heteroatoms. The van der Waals surface area contributed by atoms with Gasteiger partial charge in [-0.2, -0.15) is 11.8 Å². The van der Waals surface area contributed by atoms with E-state index in [2.05, 4.69) is 9.71 Å². The number of thioether (sulfide) groups is 1. The molecule has 4 N–H and O–H groups in total. The number of anilines is 1. The van der Waals surface area contributed by atoms with Gasteiger partial charge < -0.3 is 10.7 Å². The molecule has 1 aromatic heterocycles. The summed E-state index contributed by atoms with van der Waals surface area (Å²) in [6, 6.07) is 5.24. The van der Waals surface area contributed by atoms with Crippen molar-refractivity contribution in [2.45, 2.75) is 17.7 Å². The molecule has 0 amide bonds. The topological polar surface area (TPSA) is 88.0 Å². The Morgan fingerprint density at radius 3 is 2.86 bits per heavy atom. The van der Waals surface area contributed by atoms with Crippen molar-refractivity contribution >= 4 is 38.4 Å². The summed E-state index contributed by atoms with van der Waals surface area (Å²) in [7, 11) is -3.50. The lowest BCUT2D eigenvalue weighted by atomic mass is 10.0. The van der Waals surface area contributed by atoms with Crippen molar-refractivity contribution in [2.24, 2.45) is 5.92 Å². The highest BCUT2D eigenvalue weighted by Crippen LogP contribution is 2.26. The third-order valence-electron chi connectivity index (χ3n) is 3.86. The lowest BCUT2D eigenvalue weighted by Gasteiger charge is -2.21. The van der Waals surface area contributed by atoms with Gasteiger partial charge in [0.2, 0.25) is 10.0 Å². The summed E-state index contributed by atoms with van der Waals surface area (Å²) in [5.41, 5.74) is 7.09. The molecule has 0 radical (unpaired) electrons. The van der Waals surface area contributed by atoms with E-state index in [4.69, 9.17) is 5.73 Å². The summed E-state index contributed by atoms with van der Waals surface area (Å²) < 4.78 is 27.7. The summed E-state index contributed by atoms with van der Waals surface area (Å²) in [6.07, 6.45) is 3.69. The van der Waals surface area contributed by atoms with Crippen LogP contribution in [0, 0.1) is 5.92 Å². The predicted octanol–water partition coefficient (Wildman–Crippen LogP) is 2.17. The first-order chi connectivity index (χ1) is 10.1. The molecule has 2 aromatic rings. The van der Waals surface area contributed by atoms with E-state index >= 15 is 0 Å². The highest BCUT2D eigenvalue weighted by molar-refractivity contribution is 7.99. The van der Waals surface area contributed by atoms with Crippen molar-refractivity contribution < 1.29 is 8.42 Å². The summed E-state index contributed by atoms with van der Waals surface area (Å²) in [5, 5.41) is 0.640. The number of nitrogens with two attached hydrogens (primary N) is 1. The SMILES string of the molecule is Nc1ccc2[nH]cc(S(=O)(=O)NCC3CCSCC3)c2c1. The minimum atomic E-state index is -3.50. The molecule has 2 heterocycles. The fourth-order valence-corrected chi connectivity index (χ4v) is 5.08. The number of hydrogen-bond acceptors (Lipinski definition) is 4. The fraction of sp³-hybridized carbons (Fsp3) is 0.429. The van der Waals surface area contributed by atoms with Gasteiger partial charge in [-0.1, -0.05) is 0 Å². The molecule has 1 aromatic carbocycles. The van der Waals surface area contributed by atoms with Gasteiger partial charge in [-0.15, -0.1) is 0 Å². The molecular formula is C14H19N3O2S2. The molecule has 1 fully saturated rings. The molecule has 1 aliphatic rings. The molecule has 0 saturated carbocycles. The maximum Gasteiger partial charge on any atom is 0.242 e. The number of hydrogen-bond donors (Lipinski definition) is 3. The van der Waals surface area contributed by atoms with E-state index in [-0.39, 0.29) is 4.90 Å². The van der Waals surface area contributed by atoms with Crippen LogP contribution >= 0.6 is 11.8 Å². The Hall–Kier alpha value is -1.18. The highest BCUT2D eigenvalue weighted by Gasteiger charge is 2.21. The lowest BCUT2D eigenvalue weighted by molar-refractivity contribution is 0.477. The quantitative estimate of drug-likeness (QED) is 0.752. The Balaban J connectivity index is 1.81. The zero-order valence-corrected chi connectivity index (χ0v) is 13.3. The van der Waals surface area contributed by atoms with Crippen LogP contribution in [0.3, 0.4) is 0 Å². The van der Waals surface area contributed by atoms with E-state index in [0.717, 1.165) is 29.9 Å². The van der Waals surface area contributed by atoms with Crippen molar-refractivity contribution in [3.05, 3.63) is 24.4 Å². The van der Waals surface area contributed by atoms with Crippen LogP contribution in [0.15, 0.2) is 29.3 Å². The molecule has 0 unspecified atom stereocenters. The van der Waals surface area contributed by atoms with Crippen LogP contribution in [0.4, 0.5) is 5.69 Å². The van der Waals surface area contributed by atoms with Crippen LogP contribution in [-0.4, -0.2) is 31.5 Å². The number of sulfonamides is 1. The second kappa shape index (κ2) is 5.90. The number of aromatic amines is 1. The van der Waals surface area contributed by atoms with E-state index < -0.39 is 10.0 Å². The van der Waals surface area contributed by atoms with Gasteiger partial charge in [0.1, 0.15) is 4.90 Å². The Bertz CT molecular complexity index is 734. The molecule has 114 valence electrons. The van der Waals surface area contributed by atoms with Crippen LogP contribution in [0.25, 0.3) is 10.9 Å². The minimum absolute atomic E-state index is 0.273. The normalized spacial score (nSPS) is 17.3. The molecule has 1 aliphatic heterocycles. The second-order valence-corrected chi connectivity index (χ2v) is 8.33. The van der Waals surface area contributed by atoms with Crippen LogP contribution in [0.1, 0.15) is 12.8 Å². The number of rotatable bonds is 4. The van der Waals surface area contributed by atoms with E-state index in [1.807, 2.05) is 11.8 Å². The van der Waals surface area contributed by atoms with Gasteiger partial charge in [-0.25, -0.2) is 13.1 Å². The van der Waals surface area contributed by atoms with Gasteiger partial charge in [-0.05, 0) is 48.5 Å². The number of fused-ring (bicyclic) bond motifs is 1. The molecule has 0 spiro atoms. The standard InChI is InChI=1S/C14H19N3O2S2/c15-11-1-2-13-12(7-11)14(9-16-13)21(18,19)17-8-10-3-5-20-6-4-10/h1-2,7,9-10,16-17H,3-6,8,15H2. The maximum atomic E-state index is 12.5. The number of H-pyrrole nitrogens is 1. The molecule has 21 heavy (non-hydrogen) atoms. The number of benzene rings is 1. The molecule has 3 rings (SSSR count). The highest BCUT2D eigenvalue weighted by atomic mass is 32.2. The van der Waals surface area contributed by atoms with Gasteiger partial charge in [0.05, 0.1) is 0 Å². The lowest BCUT2D eigenvalue weighted by Crippen LogP contribution is -2.31. The second-order valence-electron chi connectivity index (χ2n) is 5.37. The smallest absolute Gasteiger partial charge is 0.242 e. The van der Waals surface area contributed by atoms with Crippen molar-refractivity contribution in [3.8, 4) is 0 Å². The van der Waals surface area contributed by atoms with E-state index in [9.17, 15) is 8.42 Å². The summed E-state index contributed by atoms with van der Waals surface area (Å²) >= 11 is 1.94. The Morgan fingerprint density at radius 2 is 2.10 bits per heavy atom. The molecule has 5 nitrogen and oxygen atoms in total. The van der Waals surface area contributed by atoms with Gasteiger partial charge in [0, 0.05) is 29.3 Å². The molecular weight excluding hydrogens is 306 g/mol. The van der Waals surface area contributed by atoms with Gasteiger partial charge >= 0.3 is 0 Å². The van der Waals surface area contributed by atoms with Crippen LogP contribution < -0.4 is 10.5 Å². The van der Waals surface area contributed by atoms with E-state index in [1.165, 1.54) is 6.20 Å². The average Bonchev–Trinajstić information content (AvgIpc) is 2.90. The maximum absolute atomic E-state index is 12.5. The number of nitrogens with one attached hydrogen (secondary N) is 2. The van der Waals surface area contributed by atoms with Crippen molar-refractivity contribution in [3.63, 3.8) is 0 Å². The predicted molar refractivity (Wildman–Crippen MR) is 87.9 cm³/mol. The minimum Gasteiger partial charge on any atom is -0.399 e. The zero-order valence-electron chi connectivity index (χ0n) is 11.6. The first-order valence-corrected chi connectivity index (χ1v) is 9.64. The summed E-state index contributed by atoms with van der Waals surface area (Å²) in [4.78, 5) is 3.25. The van der Waals surface area contributed by atoms with Crippen molar-refractivity contribution in [2.75, 3.05) is 23.8 Å². The van der Waals surface area contributed by atoms with Crippen molar-refractivity contribution in [1.82, 2.24) is 9.71 Å². The van der Waals surface area contributed by atoms with Crippen molar-refractivity contribution in [1.29, 1.82) is 0 Å². The van der Waals surface area contributed by atoms with Crippen LogP contribution in [0.5, 0.6) is 0 Å². The third kappa shape index (κ3) is 3.20. The van der Waals surface area contributed by atoms with Gasteiger partial charge in [-0.3, -0.25) is 0 Å². The third-order valence-corrected chi connectivity index (χ3v) is 6.37. The fourth-order valence-electron chi connectivity index (χ4n) is 2.59. The monoisotopic (exact) mass is 325 g/mol. The first-order valence-electron chi connectivity index (χ1n) is 7.00. The van der Waals surface area contributed by atoms with E-state index in [1.54, 1.807) is 18.2 Å². The molecule has 0 bridgehead atoms. The summed E-state index contributed by atoms with van der Waals surface area (Å²) in [5.74, 6) is 2.68. The number of aromatic nitrogens is 1. The van der Waals surface area contributed by atoms with Crippen LogP contribution in [-0.2, 0) is 10.0 Å². The summed E-state index contributed by atoms with van der Waals surface area (Å²) in [6.45, 7) is 0.512. The van der Waals surface area contributed by atoms with E-state index in [0.29, 0.717) is 23.5 Å².